The number of pyridine rings is 1. The van der Waals surface area contributed by atoms with Crippen LogP contribution in [0.4, 0.5) is 17.3 Å². The van der Waals surface area contributed by atoms with Crippen LogP contribution in [0.25, 0.3) is 17.1 Å². The SMILES string of the molecule is N#Cc1cnn(-c2cc(S(=O)(=O)O)cc(S(=O)(=O)O)c2)c1N=Nc1c(-c2ccccn2)nn(CCO)c1N. The van der Waals surface area contributed by atoms with E-state index in [9.17, 15) is 36.3 Å². The first kappa shape index (κ1) is 26.5. The molecule has 16 nitrogen and oxygen atoms in total. The van der Waals surface area contributed by atoms with Crippen LogP contribution in [0.2, 0.25) is 0 Å². The van der Waals surface area contributed by atoms with Gasteiger partial charge < -0.3 is 10.8 Å². The average Bonchev–Trinajstić information content (AvgIpc) is 3.42. The van der Waals surface area contributed by atoms with E-state index in [2.05, 4.69) is 25.4 Å². The van der Waals surface area contributed by atoms with Gasteiger partial charge in [0.2, 0.25) is 0 Å². The molecule has 0 aliphatic heterocycles. The van der Waals surface area contributed by atoms with Crippen LogP contribution in [0.15, 0.2) is 68.8 Å². The summed E-state index contributed by atoms with van der Waals surface area (Å²) in [5, 5.41) is 35.3. The topological polar surface area (TPSA) is 252 Å². The van der Waals surface area contributed by atoms with Gasteiger partial charge in [-0.25, -0.2) is 9.36 Å². The van der Waals surface area contributed by atoms with Crippen LogP contribution in [0.5, 0.6) is 0 Å². The summed E-state index contributed by atoms with van der Waals surface area (Å²) in [5.74, 6) is -0.266. The number of anilines is 1. The zero-order valence-electron chi connectivity index (χ0n) is 19.0. The van der Waals surface area contributed by atoms with Crippen LogP contribution in [-0.2, 0) is 26.8 Å². The Morgan fingerprint density at radius 3 is 2.29 bits per heavy atom. The van der Waals surface area contributed by atoms with Crippen LogP contribution in [-0.4, -0.2) is 62.2 Å². The smallest absolute Gasteiger partial charge is 0.294 e. The number of nitrogens with zero attached hydrogens (tertiary/aromatic N) is 8. The molecule has 1 aromatic carbocycles. The van der Waals surface area contributed by atoms with E-state index in [-0.39, 0.29) is 47.4 Å². The maximum atomic E-state index is 11.7. The maximum absolute atomic E-state index is 11.7. The van der Waals surface area contributed by atoms with Crippen molar-refractivity contribution in [1.29, 1.82) is 5.26 Å². The second-order valence-electron chi connectivity index (χ2n) is 7.46. The summed E-state index contributed by atoms with van der Waals surface area (Å²) >= 11 is 0. The summed E-state index contributed by atoms with van der Waals surface area (Å²) in [6, 6.07) is 9.08. The molecule has 0 aliphatic rings. The monoisotopic (exact) mass is 559 g/mol. The molecule has 4 rings (SSSR count). The Bertz CT molecular complexity index is 1760. The highest BCUT2D eigenvalue weighted by atomic mass is 32.2. The Labute approximate surface area is 214 Å². The number of rotatable bonds is 8. The normalized spacial score (nSPS) is 12.2. The Hall–Kier alpha value is -4.54. The lowest BCUT2D eigenvalue weighted by molar-refractivity contribution is 0.270. The van der Waals surface area contributed by atoms with Gasteiger partial charge in [-0.15, -0.1) is 10.2 Å². The highest BCUT2D eigenvalue weighted by Gasteiger charge is 2.22. The second kappa shape index (κ2) is 10.1. The number of aliphatic hydroxyl groups excluding tert-OH is 1. The molecule has 0 bridgehead atoms. The third-order valence-corrected chi connectivity index (χ3v) is 6.66. The van der Waals surface area contributed by atoms with Crippen molar-refractivity contribution in [2.75, 3.05) is 12.3 Å². The first-order valence-electron chi connectivity index (χ1n) is 10.3. The predicted octanol–water partition coefficient (Wildman–Crippen LogP) is 1.49. The highest BCUT2D eigenvalue weighted by Crippen LogP contribution is 2.36. The Morgan fingerprint density at radius 2 is 1.74 bits per heavy atom. The van der Waals surface area contributed by atoms with Gasteiger partial charge >= 0.3 is 0 Å². The minimum atomic E-state index is -4.92. The van der Waals surface area contributed by atoms with E-state index in [1.165, 1.54) is 10.9 Å². The first-order valence-corrected chi connectivity index (χ1v) is 13.2. The van der Waals surface area contributed by atoms with Gasteiger partial charge in [-0.1, -0.05) is 6.07 Å². The summed E-state index contributed by atoms with van der Waals surface area (Å²) in [7, 11) is -9.84. The molecule has 3 heterocycles. The van der Waals surface area contributed by atoms with Crippen molar-refractivity contribution in [3.05, 3.63) is 54.4 Å². The molecule has 3 aromatic heterocycles. The number of azo groups is 1. The molecular weight excluding hydrogens is 542 g/mol. The molecule has 196 valence electrons. The van der Waals surface area contributed by atoms with Crippen molar-refractivity contribution in [3.63, 3.8) is 0 Å². The zero-order valence-corrected chi connectivity index (χ0v) is 20.6. The fourth-order valence-electron chi connectivity index (χ4n) is 3.28. The van der Waals surface area contributed by atoms with E-state index in [0.29, 0.717) is 11.8 Å². The van der Waals surface area contributed by atoms with E-state index in [1.807, 2.05) is 6.07 Å². The molecule has 0 atom stereocenters. The fourth-order valence-corrected chi connectivity index (χ4v) is 4.45. The fraction of sp³-hybridized carbons (Fsp3) is 0.100. The number of benzene rings is 1. The molecule has 0 saturated carbocycles. The van der Waals surface area contributed by atoms with Crippen LogP contribution in [0.3, 0.4) is 0 Å². The standard InChI is InChI=1S/C20H17N9O7S2/c21-10-12-11-24-29(13-7-14(37(31,32)33)9-15(8-13)38(34,35)36)20(12)26-25-18-17(16-3-1-2-4-23-16)27-28(5-6-30)19(18)22/h1-4,7-9,11,30H,5-6,22H2,(H,31,32,33)(H,34,35,36). The summed E-state index contributed by atoms with van der Waals surface area (Å²) in [6.45, 7) is -0.251. The Morgan fingerprint density at radius 1 is 1.05 bits per heavy atom. The van der Waals surface area contributed by atoms with Crippen molar-refractivity contribution >= 4 is 37.6 Å². The van der Waals surface area contributed by atoms with E-state index in [0.717, 1.165) is 23.0 Å². The lowest BCUT2D eigenvalue weighted by Gasteiger charge is -2.08. The molecular formula is C20H17N9O7S2. The van der Waals surface area contributed by atoms with Crippen molar-refractivity contribution in [2.45, 2.75) is 16.3 Å². The minimum absolute atomic E-state index is 0.00931. The average molecular weight is 560 g/mol. The Kier molecular flexibility index (Phi) is 7.03. The third kappa shape index (κ3) is 5.26. The molecule has 38 heavy (non-hydrogen) atoms. The summed E-state index contributed by atoms with van der Waals surface area (Å²) < 4.78 is 68.0. The second-order valence-corrected chi connectivity index (χ2v) is 10.3. The van der Waals surface area contributed by atoms with Gasteiger partial charge in [-0.2, -0.15) is 32.3 Å². The molecule has 0 aliphatic carbocycles. The zero-order chi connectivity index (χ0) is 27.7. The molecule has 0 radical (unpaired) electrons. The number of nitriles is 1. The lowest BCUT2D eigenvalue weighted by atomic mass is 10.2. The van der Waals surface area contributed by atoms with Gasteiger partial charge in [0.1, 0.15) is 17.3 Å². The number of hydrogen-bond acceptors (Lipinski definition) is 12. The van der Waals surface area contributed by atoms with Gasteiger partial charge in [0.15, 0.2) is 17.3 Å². The number of aromatic nitrogens is 5. The molecule has 0 unspecified atom stereocenters. The van der Waals surface area contributed by atoms with Gasteiger partial charge in [-0.3, -0.25) is 14.1 Å². The molecule has 0 amide bonds. The van der Waals surface area contributed by atoms with Crippen LogP contribution in [0.1, 0.15) is 5.56 Å². The Balaban J connectivity index is 1.91. The number of nitrogen functional groups attached to an aromatic ring is 1. The molecule has 5 N–H and O–H groups in total. The van der Waals surface area contributed by atoms with Crippen LogP contribution >= 0.6 is 0 Å². The van der Waals surface area contributed by atoms with Crippen molar-refractivity contribution in [3.8, 4) is 23.1 Å². The van der Waals surface area contributed by atoms with E-state index >= 15 is 0 Å². The molecule has 4 aromatic rings. The van der Waals surface area contributed by atoms with E-state index in [4.69, 9.17) is 5.73 Å². The van der Waals surface area contributed by atoms with Gasteiger partial charge in [0, 0.05) is 6.20 Å². The maximum Gasteiger partial charge on any atom is 0.294 e. The van der Waals surface area contributed by atoms with E-state index in [1.54, 1.807) is 18.2 Å². The minimum Gasteiger partial charge on any atom is -0.394 e. The van der Waals surface area contributed by atoms with Gasteiger partial charge in [0.05, 0.1) is 40.5 Å². The molecule has 18 heteroatoms. The largest absolute Gasteiger partial charge is 0.394 e. The quantitative estimate of drug-likeness (QED) is 0.177. The molecule has 0 fully saturated rings. The van der Waals surface area contributed by atoms with Crippen LogP contribution < -0.4 is 5.73 Å². The summed E-state index contributed by atoms with van der Waals surface area (Å²) in [5.41, 5.74) is 6.31. The number of nitrogens with two attached hydrogens (primary N) is 1. The van der Waals surface area contributed by atoms with Gasteiger partial charge in [-0.05, 0) is 30.3 Å². The lowest BCUT2D eigenvalue weighted by Crippen LogP contribution is -2.07. The highest BCUT2D eigenvalue weighted by molar-refractivity contribution is 7.86. The van der Waals surface area contributed by atoms with Crippen molar-refractivity contribution in [2.24, 2.45) is 10.2 Å². The summed E-state index contributed by atoms with van der Waals surface area (Å²) in [6.07, 6.45) is 2.56. The predicted molar refractivity (Wildman–Crippen MR) is 129 cm³/mol. The molecule has 0 saturated heterocycles. The summed E-state index contributed by atoms with van der Waals surface area (Å²) in [4.78, 5) is 2.47. The number of aliphatic hydroxyl groups is 1. The number of hydrogen-bond donors (Lipinski definition) is 4. The van der Waals surface area contributed by atoms with Crippen molar-refractivity contribution in [1.82, 2.24) is 24.5 Å². The van der Waals surface area contributed by atoms with Crippen LogP contribution in [0, 0.1) is 11.3 Å². The van der Waals surface area contributed by atoms with Gasteiger partial charge in [0.25, 0.3) is 20.2 Å². The first-order chi connectivity index (χ1) is 17.9. The van der Waals surface area contributed by atoms with Crippen molar-refractivity contribution < 1.29 is 31.0 Å². The molecule has 0 spiro atoms. The van der Waals surface area contributed by atoms with E-state index < -0.39 is 30.0 Å². The third-order valence-electron chi connectivity index (χ3n) is 5.00.